The van der Waals surface area contributed by atoms with E-state index in [1.807, 2.05) is 24.3 Å². The highest BCUT2D eigenvalue weighted by Gasteiger charge is 2.39. The SMILES string of the molecule is O=C1SCC(=O)N2c3ccccc3CCC12. The average Bonchev–Trinajstić information content (AvgIpc) is 2.33. The predicted octanol–water partition coefficient (Wildman–Crippen LogP) is 1.61. The van der Waals surface area contributed by atoms with Gasteiger partial charge in [0.1, 0.15) is 6.04 Å². The molecule has 4 heteroatoms. The molecule has 2 heterocycles. The Kier molecular flexibility index (Phi) is 2.24. The van der Waals surface area contributed by atoms with Gasteiger partial charge in [-0.1, -0.05) is 30.0 Å². The van der Waals surface area contributed by atoms with E-state index in [2.05, 4.69) is 0 Å². The van der Waals surface area contributed by atoms with E-state index in [9.17, 15) is 9.59 Å². The van der Waals surface area contributed by atoms with E-state index in [1.165, 1.54) is 5.56 Å². The van der Waals surface area contributed by atoms with Crippen molar-refractivity contribution < 1.29 is 9.59 Å². The first kappa shape index (κ1) is 9.90. The van der Waals surface area contributed by atoms with Crippen LogP contribution in [-0.4, -0.2) is 22.8 Å². The van der Waals surface area contributed by atoms with Crippen molar-refractivity contribution in [2.24, 2.45) is 0 Å². The van der Waals surface area contributed by atoms with E-state index in [1.54, 1.807) is 4.90 Å². The van der Waals surface area contributed by atoms with Crippen LogP contribution in [-0.2, 0) is 16.0 Å². The van der Waals surface area contributed by atoms with Crippen LogP contribution in [0.5, 0.6) is 0 Å². The summed E-state index contributed by atoms with van der Waals surface area (Å²) < 4.78 is 0. The van der Waals surface area contributed by atoms with Crippen molar-refractivity contribution in [2.45, 2.75) is 18.9 Å². The Hall–Kier alpha value is -1.29. The number of para-hydroxylation sites is 1. The zero-order valence-corrected chi connectivity index (χ0v) is 9.50. The summed E-state index contributed by atoms with van der Waals surface area (Å²) in [6.45, 7) is 0. The zero-order valence-electron chi connectivity index (χ0n) is 8.68. The van der Waals surface area contributed by atoms with Crippen LogP contribution in [0.1, 0.15) is 12.0 Å². The standard InChI is InChI=1S/C12H11NO2S/c14-11-7-16-12(15)10-6-5-8-3-1-2-4-9(8)13(10)11/h1-4,10H,5-7H2. The minimum absolute atomic E-state index is 0.0572. The lowest BCUT2D eigenvalue weighted by Gasteiger charge is -2.38. The van der Waals surface area contributed by atoms with Crippen molar-refractivity contribution in [1.82, 2.24) is 0 Å². The molecule has 2 aliphatic heterocycles. The Bertz CT molecular complexity index is 472. The molecule has 1 aromatic rings. The fraction of sp³-hybridized carbons (Fsp3) is 0.333. The second-order valence-electron chi connectivity index (χ2n) is 4.05. The molecular formula is C12H11NO2S. The zero-order chi connectivity index (χ0) is 11.1. The average molecular weight is 233 g/mol. The van der Waals surface area contributed by atoms with Gasteiger partial charge >= 0.3 is 0 Å². The Morgan fingerprint density at radius 3 is 2.94 bits per heavy atom. The van der Waals surface area contributed by atoms with Gasteiger partial charge in [0, 0.05) is 5.69 Å². The molecule has 0 aliphatic carbocycles. The van der Waals surface area contributed by atoms with Crippen LogP contribution in [0, 0.1) is 0 Å². The summed E-state index contributed by atoms with van der Waals surface area (Å²) >= 11 is 1.16. The van der Waals surface area contributed by atoms with E-state index in [0.717, 1.165) is 30.3 Å². The lowest BCUT2D eigenvalue weighted by atomic mass is 9.96. The maximum Gasteiger partial charge on any atom is 0.238 e. The molecular weight excluding hydrogens is 222 g/mol. The molecule has 0 bridgehead atoms. The van der Waals surface area contributed by atoms with Crippen LogP contribution in [0.25, 0.3) is 0 Å². The van der Waals surface area contributed by atoms with Gasteiger partial charge in [-0.2, -0.15) is 0 Å². The molecule has 1 unspecified atom stereocenters. The highest BCUT2D eigenvalue weighted by Crippen LogP contribution is 2.35. The van der Waals surface area contributed by atoms with Gasteiger partial charge in [0.25, 0.3) is 0 Å². The van der Waals surface area contributed by atoms with Crippen molar-refractivity contribution in [3.05, 3.63) is 29.8 Å². The van der Waals surface area contributed by atoms with Crippen LogP contribution in [0.3, 0.4) is 0 Å². The number of thioether (sulfide) groups is 1. The third-order valence-electron chi connectivity index (χ3n) is 3.13. The summed E-state index contributed by atoms with van der Waals surface area (Å²) in [4.78, 5) is 25.3. The minimum Gasteiger partial charge on any atom is -0.300 e. The third kappa shape index (κ3) is 1.37. The lowest BCUT2D eigenvalue weighted by Crippen LogP contribution is -2.51. The molecule has 0 aromatic heterocycles. The number of nitrogens with zero attached hydrogens (tertiary/aromatic N) is 1. The van der Waals surface area contributed by atoms with Gasteiger partial charge in [-0.25, -0.2) is 0 Å². The largest absolute Gasteiger partial charge is 0.300 e. The normalized spacial score (nSPS) is 24.0. The second-order valence-corrected chi connectivity index (χ2v) is 5.03. The van der Waals surface area contributed by atoms with Crippen LogP contribution < -0.4 is 4.90 Å². The smallest absolute Gasteiger partial charge is 0.238 e. The van der Waals surface area contributed by atoms with Crippen molar-refractivity contribution in [2.75, 3.05) is 10.7 Å². The van der Waals surface area contributed by atoms with Crippen LogP contribution >= 0.6 is 11.8 Å². The summed E-state index contributed by atoms with van der Waals surface area (Å²) in [6.07, 6.45) is 1.64. The Morgan fingerprint density at radius 2 is 2.06 bits per heavy atom. The molecule has 0 saturated carbocycles. The number of amides is 1. The molecule has 2 aliphatic rings. The molecule has 0 radical (unpaired) electrons. The number of fused-ring (bicyclic) bond motifs is 3. The number of rotatable bonds is 0. The molecule has 1 atom stereocenters. The van der Waals surface area contributed by atoms with Crippen molar-refractivity contribution in [3.8, 4) is 0 Å². The number of aryl methyl sites for hydroxylation is 1. The Labute approximate surface area is 97.8 Å². The van der Waals surface area contributed by atoms with Gasteiger partial charge < -0.3 is 0 Å². The van der Waals surface area contributed by atoms with Gasteiger partial charge in [-0.15, -0.1) is 0 Å². The number of carbonyl (C=O) groups is 2. The van der Waals surface area contributed by atoms with Gasteiger partial charge in [-0.3, -0.25) is 14.5 Å². The maximum absolute atomic E-state index is 11.9. The minimum atomic E-state index is -0.235. The summed E-state index contributed by atoms with van der Waals surface area (Å²) in [5, 5.41) is 0.133. The molecule has 82 valence electrons. The monoisotopic (exact) mass is 233 g/mol. The molecule has 1 aromatic carbocycles. The Morgan fingerprint density at radius 1 is 1.25 bits per heavy atom. The molecule has 1 saturated heterocycles. The highest BCUT2D eigenvalue weighted by molar-refractivity contribution is 8.14. The van der Waals surface area contributed by atoms with E-state index in [4.69, 9.17) is 0 Å². The molecule has 3 nitrogen and oxygen atoms in total. The quantitative estimate of drug-likeness (QED) is 0.683. The van der Waals surface area contributed by atoms with E-state index in [-0.39, 0.29) is 22.8 Å². The van der Waals surface area contributed by atoms with Crippen LogP contribution in [0.2, 0.25) is 0 Å². The molecule has 0 spiro atoms. The topological polar surface area (TPSA) is 37.4 Å². The summed E-state index contributed by atoms with van der Waals surface area (Å²) in [5.41, 5.74) is 2.10. The van der Waals surface area contributed by atoms with Crippen LogP contribution in [0.15, 0.2) is 24.3 Å². The first-order valence-corrected chi connectivity index (χ1v) is 6.32. The first-order valence-electron chi connectivity index (χ1n) is 5.34. The van der Waals surface area contributed by atoms with Crippen LogP contribution in [0.4, 0.5) is 5.69 Å². The fourth-order valence-corrected chi connectivity index (χ4v) is 3.20. The molecule has 0 N–H and O–H groups in total. The van der Waals surface area contributed by atoms with Gasteiger partial charge in [0.15, 0.2) is 0 Å². The van der Waals surface area contributed by atoms with E-state index >= 15 is 0 Å². The number of carbonyl (C=O) groups excluding carboxylic acids is 2. The number of hydrogen-bond acceptors (Lipinski definition) is 3. The van der Waals surface area contributed by atoms with E-state index < -0.39 is 0 Å². The fourth-order valence-electron chi connectivity index (χ4n) is 2.38. The second kappa shape index (κ2) is 3.63. The summed E-state index contributed by atoms with van der Waals surface area (Å²) in [6, 6.07) is 7.62. The number of hydrogen-bond donors (Lipinski definition) is 0. The molecule has 1 amide bonds. The van der Waals surface area contributed by atoms with Crippen molar-refractivity contribution >= 4 is 28.5 Å². The molecule has 16 heavy (non-hydrogen) atoms. The summed E-state index contributed by atoms with van der Waals surface area (Å²) in [7, 11) is 0. The lowest BCUT2D eigenvalue weighted by molar-refractivity contribution is -0.121. The number of anilines is 1. The number of benzene rings is 1. The van der Waals surface area contributed by atoms with Gasteiger partial charge in [-0.05, 0) is 24.5 Å². The highest BCUT2D eigenvalue weighted by atomic mass is 32.2. The van der Waals surface area contributed by atoms with Gasteiger partial charge in [0.2, 0.25) is 11.0 Å². The summed E-state index contributed by atoms with van der Waals surface area (Å²) in [5.74, 6) is 0.339. The first-order chi connectivity index (χ1) is 7.77. The maximum atomic E-state index is 11.9. The van der Waals surface area contributed by atoms with Gasteiger partial charge in [0.05, 0.1) is 5.75 Å². The molecule has 1 fully saturated rings. The Balaban J connectivity index is 2.09. The molecule has 3 rings (SSSR count). The van der Waals surface area contributed by atoms with Crippen molar-refractivity contribution in [1.29, 1.82) is 0 Å². The predicted molar refractivity (Wildman–Crippen MR) is 63.5 cm³/mol. The third-order valence-corrected chi connectivity index (χ3v) is 4.08. The van der Waals surface area contributed by atoms with Crippen molar-refractivity contribution in [3.63, 3.8) is 0 Å². The van der Waals surface area contributed by atoms with E-state index in [0.29, 0.717) is 0 Å².